The van der Waals surface area contributed by atoms with Crippen molar-refractivity contribution in [1.82, 2.24) is 19.7 Å². The zero-order valence-electron chi connectivity index (χ0n) is 13.1. The van der Waals surface area contributed by atoms with Crippen molar-refractivity contribution < 1.29 is 4.79 Å². The normalized spacial score (nSPS) is 25.5. The first-order valence-corrected chi connectivity index (χ1v) is 8.68. The zero-order valence-corrected chi connectivity index (χ0v) is 13.1. The Morgan fingerprint density at radius 1 is 1.09 bits per heavy atom. The number of carbonyl (C=O) groups excluding carboxylic acids is 1. The molecule has 5 nitrogen and oxygen atoms in total. The summed E-state index contributed by atoms with van der Waals surface area (Å²) in [5.41, 5.74) is 0. The zero-order chi connectivity index (χ0) is 14.9. The molecule has 3 heterocycles. The highest BCUT2D eigenvalue weighted by atomic mass is 16.2. The minimum Gasteiger partial charge on any atom is -0.342 e. The number of amides is 1. The van der Waals surface area contributed by atoms with Gasteiger partial charge < -0.3 is 9.47 Å². The molecule has 1 atom stereocenters. The number of aryl methyl sites for hydroxylation is 1. The number of hydrogen-bond donors (Lipinski definition) is 0. The van der Waals surface area contributed by atoms with Crippen LogP contribution in [-0.2, 0) is 17.8 Å². The summed E-state index contributed by atoms with van der Waals surface area (Å²) in [5.74, 6) is 3.39. The second-order valence-electron chi connectivity index (χ2n) is 6.81. The number of rotatable bonds is 2. The molecule has 22 heavy (non-hydrogen) atoms. The van der Waals surface area contributed by atoms with Crippen LogP contribution in [0.4, 0.5) is 0 Å². The summed E-state index contributed by atoms with van der Waals surface area (Å²) in [6.45, 7) is 2.84. The first kappa shape index (κ1) is 14.0. The second-order valence-corrected chi connectivity index (χ2v) is 6.81. The number of nitrogens with zero attached hydrogens (tertiary/aromatic N) is 4. The summed E-state index contributed by atoms with van der Waals surface area (Å²) in [5, 5.41) is 8.75. The van der Waals surface area contributed by atoms with Gasteiger partial charge >= 0.3 is 0 Å². The van der Waals surface area contributed by atoms with E-state index in [4.69, 9.17) is 0 Å². The lowest BCUT2D eigenvalue weighted by atomic mass is 9.90. The number of hydrogen-bond acceptors (Lipinski definition) is 3. The quantitative estimate of drug-likeness (QED) is 0.787. The molecule has 3 aliphatic rings. The predicted molar refractivity (Wildman–Crippen MR) is 83.4 cm³/mol. The van der Waals surface area contributed by atoms with Gasteiger partial charge in [0, 0.05) is 37.9 Å². The fourth-order valence-electron chi connectivity index (χ4n) is 4.11. The van der Waals surface area contributed by atoms with Gasteiger partial charge in [-0.15, -0.1) is 10.2 Å². The smallest absolute Gasteiger partial charge is 0.226 e. The van der Waals surface area contributed by atoms with Gasteiger partial charge in [-0.2, -0.15) is 0 Å². The largest absolute Gasteiger partial charge is 0.342 e. The van der Waals surface area contributed by atoms with Crippen LogP contribution >= 0.6 is 0 Å². The lowest BCUT2D eigenvalue weighted by Gasteiger charge is -2.34. The molecule has 0 N–H and O–H groups in total. The average Bonchev–Trinajstić information content (AvgIpc) is 3.18. The Labute approximate surface area is 131 Å². The number of carbonyl (C=O) groups is 1. The Morgan fingerprint density at radius 3 is 2.73 bits per heavy atom. The number of allylic oxidation sites excluding steroid dienone is 2. The molecule has 1 aromatic heterocycles. The lowest BCUT2D eigenvalue weighted by Crippen LogP contribution is -2.41. The van der Waals surface area contributed by atoms with E-state index in [9.17, 15) is 4.79 Å². The van der Waals surface area contributed by atoms with E-state index in [0.717, 1.165) is 64.0 Å². The highest BCUT2D eigenvalue weighted by Crippen LogP contribution is 2.31. The van der Waals surface area contributed by atoms with Gasteiger partial charge in [-0.25, -0.2) is 0 Å². The van der Waals surface area contributed by atoms with E-state index in [2.05, 4.69) is 31.8 Å². The van der Waals surface area contributed by atoms with Crippen LogP contribution in [0.2, 0.25) is 0 Å². The maximum absolute atomic E-state index is 12.6. The van der Waals surface area contributed by atoms with Crippen LogP contribution in [0.5, 0.6) is 0 Å². The molecule has 1 amide bonds. The molecule has 1 saturated heterocycles. The van der Waals surface area contributed by atoms with Crippen LogP contribution < -0.4 is 0 Å². The van der Waals surface area contributed by atoms with Crippen molar-refractivity contribution in [2.45, 2.75) is 57.4 Å². The SMILES string of the molecule is O=C([C@H]1CC=CCC1)N1CCC(c2nnc3n2CCC3)CC1. The highest BCUT2D eigenvalue weighted by molar-refractivity contribution is 5.79. The van der Waals surface area contributed by atoms with Gasteiger partial charge in [-0.3, -0.25) is 4.79 Å². The predicted octanol–water partition coefficient (Wildman–Crippen LogP) is 2.29. The monoisotopic (exact) mass is 300 g/mol. The first-order valence-electron chi connectivity index (χ1n) is 8.68. The summed E-state index contributed by atoms with van der Waals surface area (Å²) in [6, 6.07) is 0. The molecule has 2 aliphatic heterocycles. The molecule has 0 radical (unpaired) electrons. The molecule has 0 bridgehead atoms. The molecule has 118 valence electrons. The average molecular weight is 300 g/mol. The number of likely N-dealkylation sites (tertiary alicyclic amines) is 1. The van der Waals surface area contributed by atoms with E-state index in [1.54, 1.807) is 0 Å². The number of fused-ring (bicyclic) bond motifs is 1. The van der Waals surface area contributed by atoms with Crippen molar-refractivity contribution >= 4 is 5.91 Å². The molecule has 0 saturated carbocycles. The van der Waals surface area contributed by atoms with Gasteiger partial charge in [0.15, 0.2) is 0 Å². The van der Waals surface area contributed by atoms with Crippen molar-refractivity contribution in [1.29, 1.82) is 0 Å². The molecule has 1 fully saturated rings. The third kappa shape index (κ3) is 2.46. The Morgan fingerprint density at radius 2 is 1.95 bits per heavy atom. The topological polar surface area (TPSA) is 51.0 Å². The van der Waals surface area contributed by atoms with E-state index in [1.807, 2.05) is 0 Å². The van der Waals surface area contributed by atoms with E-state index >= 15 is 0 Å². The Balaban J connectivity index is 1.38. The molecule has 0 unspecified atom stereocenters. The fourth-order valence-corrected chi connectivity index (χ4v) is 4.11. The van der Waals surface area contributed by atoms with Crippen molar-refractivity contribution in [3.8, 4) is 0 Å². The molecule has 0 aromatic carbocycles. The molecule has 4 rings (SSSR count). The van der Waals surface area contributed by atoms with Crippen LogP contribution in [0.1, 0.15) is 56.1 Å². The number of piperidine rings is 1. The van der Waals surface area contributed by atoms with Crippen LogP contribution in [0.15, 0.2) is 12.2 Å². The Bertz CT molecular complexity index is 583. The van der Waals surface area contributed by atoms with E-state index in [-0.39, 0.29) is 5.92 Å². The van der Waals surface area contributed by atoms with Gasteiger partial charge in [0.1, 0.15) is 11.6 Å². The first-order chi connectivity index (χ1) is 10.8. The lowest BCUT2D eigenvalue weighted by molar-refractivity contribution is -0.136. The minimum absolute atomic E-state index is 0.221. The Kier molecular flexibility index (Phi) is 3.72. The van der Waals surface area contributed by atoms with Crippen molar-refractivity contribution in [3.05, 3.63) is 23.8 Å². The van der Waals surface area contributed by atoms with Crippen LogP contribution in [0, 0.1) is 5.92 Å². The Hall–Kier alpha value is -1.65. The van der Waals surface area contributed by atoms with Gasteiger partial charge in [0.25, 0.3) is 0 Å². The maximum atomic E-state index is 12.6. The van der Waals surface area contributed by atoms with Crippen molar-refractivity contribution in [2.75, 3.05) is 13.1 Å². The van der Waals surface area contributed by atoms with Crippen molar-refractivity contribution in [3.63, 3.8) is 0 Å². The van der Waals surface area contributed by atoms with E-state index in [0.29, 0.717) is 11.8 Å². The molecular formula is C17H24N4O. The third-order valence-corrected chi connectivity index (χ3v) is 5.43. The fraction of sp³-hybridized carbons (Fsp3) is 0.706. The summed E-state index contributed by atoms with van der Waals surface area (Å²) in [7, 11) is 0. The second kappa shape index (κ2) is 5.86. The van der Waals surface area contributed by atoms with Gasteiger partial charge in [0.2, 0.25) is 5.91 Å². The van der Waals surface area contributed by atoms with E-state index in [1.165, 1.54) is 12.2 Å². The minimum atomic E-state index is 0.221. The van der Waals surface area contributed by atoms with Gasteiger partial charge in [-0.1, -0.05) is 12.2 Å². The van der Waals surface area contributed by atoms with Gasteiger partial charge in [0.05, 0.1) is 0 Å². The van der Waals surface area contributed by atoms with Crippen LogP contribution in [0.25, 0.3) is 0 Å². The van der Waals surface area contributed by atoms with Crippen LogP contribution in [0.3, 0.4) is 0 Å². The molecular weight excluding hydrogens is 276 g/mol. The standard InChI is InChI=1S/C17H24N4O/c22-17(14-5-2-1-3-6-14)20-11-8-13(9-12-20)16-19-18-15-7-4-10-21(15)16/h1-2,13-14H,3-12H2/t14-/m0/s1. The maximum Gasteiger partial charge on any atom is 0.226 e. The number of aromatic nitrogens is 3. The van der Waals surface area contributed by atoms with E-state index < -0.39 is 0 Å². The molecule has 1 aliphatic carbocycles. The summed E-state index contributed by atoms with van der Waals surface area (Å²) < 4.78 is 2.31. The molecule has 5 heteroatoms. The third-order valence-electron chi connectivity index (χ3n) is 5.43. The summed E-state index contributed by atoms with van der Waals surface area (Å²) >= 11 is 0. The van der Waals surface area contributed by atoms with Crippen molar-refractivity contribution in [2.24, 2.45) is 5.92 Å². The van der Waals surface area contributed by atoms with Crippen LogP contribution in [-0.4, -0.2) is 38.7 Å². The van der Waals surface area contributed by atoms with Gasteiger partial charge in [-0.05, 0) is 38.5 Å². The summed E-state index contributed by atoms with van der Waals surface area (Å²) in [6.07, 6.45) is 11.7. The highest BCUT2D eigenvalue weighted by Gasteiger charge is 2.31. The molecule has 1 aromatic rings. The summed E-state index contributed by atoms with van der Waals surface area (Å²) in [4.78, 5) is 14.7. The molecule has 0 spiro atoms.